The van der Waals surface area contributed by atoms with Crippen LogP contribution in [0.15, 0.2) is 24.3 Å². The molecule has 3 aliphatic rings. The number of amides is 1. The number of rotatable bonds is 6. The van der Waals surface area contributed by atoms with Gasteiger partial charge in [0.15, 0.2) is 0 Å². The molecule has 2 saturated carbocycles. The standard InChI is InChI=1S/C23H35N3O2/c1-28-21-10-3-2-9-19(21)20(26-11-4-5-12-26)15-25-23(27)18-13-16-7-6-8-17(14-18)22(16)24/h2-3,9-10,16-18,20,22H,4-8,11-15,24H2,1H3,(H,25,27). The number of carbonyl (C=O) groups excluding carboxylic acids is 1. The number of carbonyl (C=O) groups is 1. The lowest BCUT2D eigenvalue weighted by atomic mass is 9.65. The molecule has 2 bridgehead atoms. The Morgan fingerprint density at radius 1 is 1.18 bits per heavy atom. The summed E-state index contributed by atoms with van der Waals surface area (Å²) in [4.78, 5) is 15.5. The zero-order valence-electron chi connectivity index (χ0n) is 17.1. The van der Waals surface area contributed by atoms with E-state index in [2.05, 4.69) is 22.3 Å². The molecule has 1 amide bonds. The smallest absolute Gasteiger partial charge is 0.223 e. The minimum atomic E-state index is 0.131. The number of para-hydroxylation sites is 1. The van der Waals surface area contributed by atoms with Crippen LogP contribution >= 0.6 is 0 Å². The van der Waals surface area contributed by atoms with Gasteiger partial charge in [0.05, 0.1) is 13.2 Å². The lowest BCUT2D eigenvalue weighted by Crippen LogP contribution is -2.49. The molecule has 1 aromatic rings. The maximum absolute atomic E-state index is 13.0. The SMILES string of the molecule is COc1ccccc1C(CNC(=O)C1CC2CCCC(C1)C2N)N1CCCC1. The van der Waals surface area contributed by atoms with Gasteiger partial charge in [-0.15, -0.1) is 0 Å². The van der Waals surface area contributed by atoms with Crippen LogP contribution in [0.5, 0.6) is 5.75 Å². The molecule has 2 aliphatic carbocycles. The Labute approximate surface area is 169 Å². The lowest BCUT2D eigenvalue weighted by molar-refractivity contribution is -0.128. The number of nitrogens with two attached hydrogens (primary N) is 1. The lowest BCUT2D eigenvalue weighted by Gasteiger charge is -2.43. The highest BCUT2D eigenvalue weighted by Gasteiger charge is 2.40. The highest BCUT2D eigenvalue weighted by atomic mass is 16.5. The van der Waals surface area contributed by atoms with Crippen molar-refractivity contribution in [3.63, 3.8) is 0 Å². The second-order valence-corrected chi connectivity index (χ2v) is 8.94. The summed E-state index contributed by atoms with van der Waals surface area (Å²) in [5, 5.41) is 3.31. The van der Waals surface area contributed by atoms with Gasteiger partial charge < -0.3 is 15.8 Å². The number of benzene rings is 1. The summed E-state index contributed by atoms with van der Waals surface area (Å²) in [7, 11) is 1.72. The van der Waals surface area contributed by atoms with E-state index >= 15 is 0 Å². The Balaban J connectivity index is 1.43. The van der Waals surface area contributed by atoms with Crippen LogP contribution in [0.3, 0.4) is 0 Å². The summed E-state index contributed by atoms with van der Waals surface area (Å²) >= 11 is 0. The van der Waals surface area contributed by atoms with Crippen molar-refractivity contribution < 1.29 is 9.53 Å². The molecular weight excluding hydrogens is 350 g/mol. The topological polar surface area (TPSA) is 67.6 Å². The van der Waals surface area contributed by atoms with E-state index in [1.165, 1.54) is 37.7 Å². The Morgan fingerprint density at radius 2 is 1.86 bits per heavy atom. The molecule has 1 aliphatic heterocycles. The molecule has 28 heavy (non-hydrogen) atoms. The van der Waals surface area contributed by atoms with Crippen LogP contribution in [0.1, 0.15) is 56.6 Å². The van der Waals surface area contributed by atoms with Gasteiger partial charge in [0.1, 0.15) is 5.75 Å². The van der Waals surface area contributed by atoms with E-state index in [1.807, 2.05) is 12.1 Å². The van der Waals surface area contributed by atoms with E-state index in [0.717, 1.165) is 31.7 Å². The predicted molar refractivity (Wildman–Crippen MR) is 111 cm³/mol. The van der Waals surface area contributed by atoms with Crippen LogP contribution in [0.2, 0.25) is 0 Å². The van der Waals surface area contributed by atoms with Crippen molar-refractivity contribution >= 4 is 5.91 Å². The van der Waals surface area contributed by atoms with Gasteiger partial charge in [-0.2, -0.15) is 0 Å². The van der Waals surface area contributed by atoms with Crippen molar-refractivity contribution in [2.24, 2.45) is 23.5 Å². The van der Waals surface area contributed by atoms with Crippen LogP contribution < -0.4 is 15.8 Å². The number of nitrogens with zero attached hydrogens (tertiary/aromatic N) is 1. The average Bonchev–Trinajstić information content (AvgIpc) is 3.22. The third-order valence-electron chi connectivity index (χ3n) is 7.33. The first kappa shape index (κ1) is 19.7. The van der Waals surface area contributed by atoms with E-state index in [-0.39, 0.29) is 17.9 Å². The number of nitrogens with one attached hydrogen (secondary N) is 1. The molecule has 3 atom stereocenters. The molecule has 4 rings (SSSR count). The molecule has 3 N–H and O–H groups in total. The number of likely N-dealkylation sites (tertiary alicyclic amines) is 1. The van der Waals surface area contributed by atoms with E-state index in [1.54, 1.807) is 7.11 Å². The zero-order chi connectivity index (χ0) is 19.5. The molecule has 1 saturated heterocycles. The van der Waals surface area contributed by atoms with Crippen LogP contribution in [0.4, 0.5) is 0 Å². The summed E-state index contributed by atoms with van der Waals surface area (Å²) in [5.74, 6) is 2.33. The van der Waals surface area contributed by atoms with E-state index in [9.17, 15) is 4.79 Å². The number of methoxy groups -OCH3 is 1. The van der Waals surface area contributed by atoms with Crippen molar-refractivity contribution in [1.29, 1.82) is 0 Å². The minimum Gasteiger partial charge on any atom is -0.496 e. The molecule has 1 heterocycles. The quantitative estimate of drug-likeness (QED) is 0.790. The molecule has 3 fully saturated rings. The first-order valence-corrected chi connectivity index (χ1v) is 11.1. The fourth-order valence-electron chi connectivity index (χ4n) is 5.78. The Bertz CT molecular complexity index is 660. The third-order valence-corrected chi connectivity index (χ3v) is 7.33. The predicted octanol–water partition coefficient (Wildman–Crippen LogP) is 3.10. The molecule has 0 spiro atoms. The van der Waals surface area contributed by atoms with Crippen LogP contribution in [-0.4, -0.2) is 43.6 Å². The monoisotopic (exact) mass is 385 g/mol. The van der Waals surface area contributed by atoms with Crippen molar-refractivity contribution in [3.05, 3.63) is 29.8 Å². The Morgan fingerprint density at radius 3 is 2.54 bits per heavy atom. The maximum atomic E-state index is 13.0. The van der Waals surface area contributed by atoms with Gasteiger partial charge in [-0.1, -0.05) is 24.6 Å². The van der Waals surface area contributed by atoms with Crippen molar-refractivity contribution in [3.8, 4) is 5.75 Å². The summed E-state index contributed by atoms with van der Waals surface area (Å²) in [6.07, 6.45) is 8.05. The second kappa shape index (κ2) is 8.83. The number of fused-ring (bicyclic) bond motifs is 2. The van der Waals surface area contributed by atoms with Gasteiger partial charge in [0.2, 0.25) is 5.91 Å². The maximum Gasteiger partial charge on any atom is 0.223 e. The van der Waals surface area contributed by atoms with Crippen LogP contribution in [-0.2, 0) is 4.79 Å². The highest BCUT2D eigenvalue weighted by Crippen LogP contribution is 2.42. The molecule has 154 valence electrons. The fourth-order valence-corrected chi connectivity index (χ4v) is 5.78. The Hall–Kier alpha value is -1.59. The number of ether oxygens (including phenoxy) is 1. The van der Waals surface area contributed by atoms with Gasteiger partial charge in [-0.3, -0.25) is 9.69 Å². The van der Waals surface area contributed by atoms with Crippen LogP contribution in [0, 0.1) is 17.8 Å². The normalized spacial score (nSPS) is 31.4. The number of hydrogen-bond acceptors (Lipinski definition) is 4. The minimum absolute atomic E-state index is 0.131. The third kappa shape index (κ3) is 4.06. The first-order valence-electron chi connectivity index (χ1n) is 11.1. The summed E-state index contributed by atoms with van der Waals surface area (Å²) < 4.78 is 5.62. The average molecular weight is 386 g/mol. The summed E-state index contributed by atoms with van der Waals surface area (Å²) in [6.45, 7) is 2.82. The van der Waals surface area contributed by atoms with Crippen molar-refractivity contribution in [2.75, 3.05) is 26.7 Å². The highest BCUT2D eigenvalue weighted by molar-refractivity contribution is 5.79. The number of hydrogen-bond donors (Lipinski definition) is 2. The van der Waals surface area contributed by atoms with Gasteiger partial charge >= 0.3 is 0 Å². The molecule has 0 aromatic heterocycles. The molecule has 5 heteroatoms. The molecule has 5 nitrogen and oxygen atoms in total. The van der Waals surface area contributed by atoms with Gasteiger partial charge in [0.25, 0.3) is 0 Å². The van der Waals surface area contributed by atoms with E-state index < -0.39 is 0 Å². The molecule has 1 aromatic carbocycles. The zero-order valence-corrected chi connectivity index (χ0v) is 17.1. The second-order valence-electron chi connectivity index (χ2n) is 8.94. The Kier molecular flexibility index (Phi) is 6.22. The summed E-state index contributed by atoms with van der Waals surface area (Å²) in [6, 6.07) is 8.71. The van der Waals surface area contributed by atoms with Crippen molar-refractivity contribution in [2.45, 2.75) is 57.0 Å². The van der Waals surface area contributed by atoms with E-state index in [4.69, 9.17) is 10.5 Å². The van der Waals surface area contributed by atoms with Crippen LogP contribution in [0.25, 0.3) is 0 Å². The molecular formula is C23H35N3O2. The van der Waals surface area contributed by atoms with Crippen molar-refractivity contribution in [1.82, 2.24) is 10.2 Å². The molecule has 3 unspecified atom stereocenters. The first-order chi connectivity index (χ1) is 13.7. The van der Waals surface area contributed by atoms with Gasteiger partial charge in [-0.25, -0.2) is 0 Å². The van der Waals surface area contributed by atoms with E-state index in [0.29, 0.717) is 24.4 Å². The van der Waals surface area contributed by atoms with Gasteiger partial charge in [0, 0.05) is 24.1 Å². The largest absolute Gasteiger partial charge is 0.496 e. The fraction of sp³-hybridized carbons (Fsp3) is 0.696. The molecule has 0 radical (unpaired) electrons. The summed E-state index contributed by atoms with van der Waals surface area (Å²) in [5.41, 5.74) is 7.58. The van der Waals surface area contributed by atoms with Gasteiger partial charge in [-0.05, 0) is 69.5 Å².